The summed E-state index contributed by atoms with van der Waals surface area (Å²) in [6.45, 7) is -1.02. The van der Waals surface area contributed by atoms with E-state index in [1.54, 1.807) is 23.2 Å². The Morgan fingerprint density at radius 3 is 2.90 bits per heavy atom. The number of halogens is 3. The second-order valence-corrected chi connectivity index (χ2v) is 6.64. The van der Waals surface area contributed by atoms with Crippen molar-refractivity contribution in [2.45, 2.75) is 19.1 Å². The van der Waals surface area contributed by atoms with E-state index >= 15 is 0 Å². The Balaban J connectivity index is 1.56. The number of amides is 1. The van der Waals surface area contributed by atoms with E-state index in [4.69, 9.17) is 4.42 Å². The number of benzene rings is 1. The number of alkyl halides is 3. The molecule has 0 saturated carbocycles. The molecule has 1 aromatic carbocycles. The molecular weight excluding hydrogens is 389 g/mol. The van der Waals surface area contributed by atoms with Crippen molar-refractivity contribution in [2.75, 3.05) is 13.2 Å². The number of hydrogen-bond donors (Lipinski definition) is 0. The molecule has 150 valence electrons. The van der Waals surface area contributed by atoms with E-state index in [9.17, 15) is 22.8 Å². The number of carbonyl (C=O) groups excluding carboxylic acids is 2. The normalized spacial score (nSPS) is 14.2. The van der Waals surface area contributed by atoms with Gasteiger partial charge in [0.05, 0.1) is 12.1 Å². The summed E-state index contributed by atoms with van der Waals surface area (Å²) in [6.07, 6.45) is -0.770. The number of pyridine rings is 1. The number of nitrogens with zero attached hydrogens (tertiary/aromatic N) is 2. The lowest BCUT2D eigenvalue weighted by molar-refractivity contribution is -0.161. The van der Waals surface area contributed by atoms with Crippen LogP contribution in [0.5, 0.6) is 0 Å². The average molecular weight is 404 g/mol. The largest absolute Gasteiger partial charge is 0.458 e. The third kappa shape index (κ3) is 3.94. The van der Waals surface area contributed by atoms with E-state index in [1.165, 1.54) is 18.3 Å². The van der Waals surface area contributed by atoms with Crippen molar-refractivity contribution in [2.24, 2.45) is 0 Å². The highest BCUT2D eigenvalue weighted by molar-refractivity contribution is 6.02. The number of esters is 1. The molecule has 4 rings (SSSR count). The first kappa shape index (κ1) is 19.0. The van der Waals surface area contributed by atoms with Gasteiger partial charge < -0.3 is 14.1 Å². The van der Waals surface area contributed by atoms with Crippen LogP contribution in [0.2, 0.25) is 0 Å². The van der Waals surface area contributed by atoms with Crippen molar-refractivity contribution >= 4 is 22.8 Å². The van der Waals surface area contributed by atoms with Gasteiger partial charge in [-0.15, -0.1) is 0 Å². The molecule has 1 aliphatic rings. The molecule has 0 fully saturated rings. The van der Waals surface area contributed by atoms with Crippen LogP contribution in [0.4, 0.5) is 13.2 Å². The summed E-state index contributed by atoms with van der Waals surface area (Å²) in [4.78, 5) is 30.3. The Kier molecular flexibility index (Phi) is 4.73. The lowest BCUT2D eigenvalue weighted by Crippen LogP contribution is -2.37. The quantitative estimate of drug-likeness (QED) is 0.620. The zero-order valence-corrected chi connectivity index (χ0v) is 15.0. The molecule has 1 aliphatic heterocycles. The Morgan fingerprint density at radius 1 is 1.28 bits per heavy atom. The van der Waals surface area contributed by atoms with Gasteiger partial charge in [-0.2, -0.15) is 13.2 Å². The van der Waals surface area contributed by atoms with Crippen LogP contribution in [0.1, 0.15) is 32.0 Å². The summed E-state index contributed by atoms with van der Waals surface area (Å²) in [5.41, 5.74) is 1.49. The van der Waals surface area contributed by atoms with Gasteiger partial charge in [0.15, 0.2) is 6.61 Å². The number of carbonyl (C=O) groups is 2. The molecule has 0 spiro atoms. The first-order valence-electron chi connectivity index (χ1n) is 8.79. The van der Waals surface area contributed by atoms with Crippen molar-refractivity contribution in [3.63, 3.8) is 0 Å². The van der Waals surface area contributed by atoms with Crippen LogP contribution < -0.4 is 0 Å². The van der Waals surface area contributed by atoms with Crippen LogP contribution in [0.25, 0.3) is 11.0 Å². The molecule has 0 unspecified atom stereocenters. The Bertz CT molecular complexity index is 1090. The number of furan rings is 1. The highest BCUT2D eigenvalue weighted by Crippen LogP contribution is 2.27. The molecule has 6 nitrogen and oxygen atoms in total. The molecule has 1 amide bonds. The molecular formula is C20H15F3N2O4. The molecule has 2 aromatic heterocycles. The van der Waals surface area contributed by atoms with Gasteiger partial charge >= 0.3 is 12.1 Å². The maximum absolute atomic E-state index is 12.7. The number of para-hydroxylation sites is 1. The van der Waals surface area contributed by atoms with E-state index in [2.05, 4.69) is 9.72 Å². The molecule has 3 heterocycles. The van der Waals surface area contributed by atoms with E-state index in [0.29, 0.717) is 29.7 Å². The number of aromatic nitrogens is 1. The topological polar surface area (TPSA) is 72.6 Å². The summed E-state index contributed by atoms with van der Waals surface area (Å²) in [5.74, 6) is -0.885. The van der Waals surface area contributed by atoms with E-state index in [1.807, 2.05) is 6.07 Å². The fourth-order valence-electron chi connectivity index (χ4n) is 3.28. The van der Waals surface area contributed by atoms with Gasteiger partial charge in [-0.05, 0) is 30.2 Å². The maximum Gasteiger partial charge on any atom is 0.422 e. The molecule has 0 aliphatic carbocycles. The molecule has 0 N–H and O–H groups in total. The van der Waals surface area contributed by atoms with Crippen LogP contribution in [0, 0.1) is 0 Å². The van der Waals surface area contributed by atoms with E-state index in [-0.39, 0.29) is 23.6 Å². The Labute approximate surface area is 162 Å². The summed E-state index contributed by atoms with van der Waals surface area (Å²) in [5, 5.41) is 0.535. The Morgan fingerprint density at radius 2 is 2.10 bits per heavy atom. The van der Waals surface area contributed by atoms with Crippen molar-refractivity contribution in [3.05, 3.63) is 65.2 Å². The minimum Gasteiger partial charge on any atom is -0.458 e. The second-order valence-electron chi connectivity index (χ2n) is 6.64. The second kappa shape index (κ2) is 7.23. The third-order valence-electron chi connectivity index (χ3n) is 4.61. The SMILES string of the molecule is O=C(OCC(F)(F)F)c1cccc2cc(CN3CCc4ccncc4C3=O)oc12. The van der Waals surface area contributed by atoms with Gasteiger partial charge in [0.1, 0.15) is 16.9 Å². The third-order valence-corrected chi connectivity index (χ3v) is 4.61. The highest BCUT2D eigenvalue weighted by atomic mass is 19.4. The van der Waals surface area contributed by atoms with Crippen LogP contribution in [0.3, 0.4) is 0 Å². The lowest BCUT2D eigenvalue weighted by Gasteiger charge is -2.27. The lowest BCUT2D eigenvalue weighted by atomic mass is 10.0. The van der Waals surface area contributed by atoms with Crippen molar-refractivity contribution in [3.8, 4) is 0 Å². The smallest absolute Gasteiger partial charge is 0.422 e. The van der Waals surface area contributed by atoms with E-state index < -0.39 is 18.8 Å². The highest BCUT2D eigenvalue weighted by Gasteiger charge is 2.31. The number of hydrogen-bond acceptors (Lipinski definition) is 5. The predicted molar refractivity (Wildman–Crippen MR) is 95.2 cm³/mol. The van der Waals surface area contributed by atoms with Gasteiger partial charge in [0.2, 0.25) is 0 Å². The van der Waals surface area contributed by atoms with E-state index in [0.717, 1.165) is 5.56 Å². The average Bonchev–Trinajstić information content (AvgIpc) is 3.10. The van der Waals surface area contributed by atoms with Gasteiger partial charge in [-0.25, -0.2) is 4.79 Å². The molecule has 0 atom stereocenters. The van der Waals surface area contributed by atoms with Gasteiger partial charge in [-0.3, -0.25) is 9.78 Å². The zero-order chi connectivity index (χ0) is 20.6. The van der Waals surface area contributed by atoms with Crippen molar-refractivity contribution < 1.29 is 31.9 Å². The van der Waals surface area contributed by atoms with Gasteiger partial charge in [-0.1, -0.05) is 12.1 Å². The molecule has 9 heteroatoms. The zero-order valence-electron chi connectivity index (χ0n) is 15.0. The molecule has 0 saturated heterocycles. The number of ether oxygens (including phenoxy) is 1. The van der Waals surface area contributed by atoms with Crippen molar-refractivity contribution in [1.29, 1.82) is 0 Å². The minimum absolute atomic E-state index is 0.0995. The van der Waals surface area contributed by atoms with Crippen LogP contribution >= 0.6 is 0 Å². The minimum atomic E-state index is -4.61. The standard InChI is InChI=1S/C20H15F3N2O4/c21-20(22,23)11-28-19(27)15-3-1-2-13-8-14(29-17(13)15)10-25-7-5-12-4-6-24-9-16(12)18(25)26/h1-4,6,8-9H,5,7,10-11H2. The Hall–Kier alpha value is -3.36. The molecule has 29 heavy (non-hydrogen) atoms. The van der Waals surface area contributed by atoms with Crippen LogP contribution in [0.15, 0.2) is 47.1 Å². The van der Waals surface area contributed by atoms with Gasteiger partial charge in [0, 0.05) is 24.3 Å². The maximum atomic E-state index is 12.7. The summed E-state index contributed by atoms with van der Waals surface area (Å²) < 4.78 is 46.9. The van der Waals surface area contributed by atoms with Crippen LogP contribution in [-0.4, -0.2) is 41.1 Å². The van der Waals surface area contributed by atoms with Gasteiger partial charge in [0.25, 0.3) is 5.91 Å². The summed E-state index contributed by atoms with van der Waals surface area (Å²) in [7, 11) is 0. The fraction of sp³-hybridized carbons (Fsp3) is 0.250. The predicted octanol–water partition coefficient (Wildman–Crippen LogP) is 3.75. The summed E-state index contributed by atoms with van der Waals surface area (Å²) in [6, 6.07) is 7.99. The molecule has 3 aromatic rings. The number of rotatable bonds is 4. The first-order chi connectivity index (χ1) is 13.8. The van der Waals surface area contributed by atoms with Crippen molar-refractivity contribution in [1.82, 2.24) is 9.88 Å². The first-order valence-corrected chi connectivity index (χ1v) is 8.79. The monoisotopic (exact) mass is 404 g/mol. The molecule has 0 bridgehead atoms. The van der Waals surface area contributed by atoms with Crippen LogP contribution in [-0.2, 0) is 17.7 Å². The molecule has 0 radical (unpaired) electrons. The summed E-state index contributed by atoms with van der Waals surface area (Å²) >= 11 is 0. The fourth-order valence-corrected chi connectivity index (χ4v) is 3.28. The number of fused-ring (bicyclic) bond motifs is 2.